The van der Waals surface area contributed by atoms with Crippen LogP contribution in [0.5, 0.6) is 0 Å². The van der Waals surface area contributed by atoms with Gasteiger partial charge in [0.05, 0.1) is 22.5 Å². The van der Waals surface area contributed by atoms with Crippen LogP contribution in [-0.2, 0) is 17.6 Å². The molecule has 0 atom stereocenters. The summed E-state index contributed by atoms with van der Waals surface area (Å²) < 4.78 is 1.84. The molecule has 23 heavy (non-hydrogen) atoms. The molecule has 0 fully saturated rings. The summed E-state index contributed by atoms with van der Waals surface area (Å²) in [5, 5.41) is 3.46. The van der Waals surface area contributed by atoms with E-state index in [1.807, 2.05) is 35.9 Å². The van der Waals surface area contributed by atoms with Crippen molar-refractivity contribution in [3.05, 3.63) is 53.3 Å². The number of nitrogens with zero attached hydrogens (tertiary/aromatic N) is 3. The second-order valence-electron chi connectivity index (χ2n) is 4.99. The molecule has 0 aliphatic heterocycles. The number of carbonyl (C=O) groups excluding carboxylic acids is 1. The van der Waals surface area contributed by atoms with E-state index in [-0.39, 0.29) is 5.91 Å². The minimum absolute atomic E-state index is 0.0876. The molecule has 0 aliphatic carbocycles. The number of benzene rings is 1. The molecule has 7 heteroatoms. The Bertz CT molecular complexity index is 835. The predicted molar refractivity (Wildman–Crippen MR) is 94.8 cm³/mol. The first-order chi connectivity index (χ1) is 11.1. The van der Waals surface area contributed by atoms with Gasteiger partial charge >= 0.3 is 0 Å². The molecule has 5 nitrogen and oxygen atoms in total. The fourth-order valence-electron chi connectivity index (χ4n) is 2.18. The van der Waals surface area contributed by atoms with Crippen molar-refractivity contribution in [2.45, 2.75) is 5.75 Å². The van der Waals surface area contributed by atoms with E-state index in [4.69, 9.17) is 11.6 Å². The summed E-state index contributed by atoms with van der Waals surface area (Å²) in [5.41, 5.74) is 2.64. The van der Waals surface area contributed by atoms with Crippen LogP contribution in [0.15, 0.2) is 42.6 Å². The maximum atomic E-state index is 12.1. The van der Waals surface area contributed by atoms with E-state index in [9.17, 15) is 4.79 Å². The van der Waals surface area contributed by atoms with Gasteiger partial charge in [-0.2, -0.15) is 0 Å². The summed E-state index contributed by atoms with van der Waals surface area (Å²) in [6, 6.07) is 11.2. The zero-order valence-corrected chi connectivity index (χ0v) is 14.1. The molecule has 118 valence electrons. The highest BCUT2D eigenvalue weighted by Crippen LogP contribution is 2.22. The molecule has 2 heterocycles. The average molecular weight is 347 g/mol. The van der Waals surface area contributed by atoms with E-state index in [0.717, 1.165) is 16.7 Å². The van der Waals surface area contributed by atoms with Gasteiger partial charge in [-0.05, 0) is 30.3 Å². The van der Waals surface area contributed by atoms with Crippen LogP contribution in [0.2, 0.25) is 5.02 Å². The van der Waals surface area contributed by atoms with Gasteiger partial charge in [-0.1, -0.05) is 17.7 Å². The number of halogens is 1. The smallest absolute Gasteiger partial charge is 0.236 e. The largest absolute Gasteiger partial charge is 0.313 e. The second-order valence-corrected chi connectivity index (χ2v) is 6.41. The zero-order valence-electron chi connectivity index (χ0n) is 12.5. The third kappa shape index (κ3) is 3.83. The van der Waals surface area contributed by atoms with Crippen LogP contribution in [-0.4, -0.2) is 26.2 Å². The number of aryl methyl sites for hydroxylation is 1. The maximum absolute atomic E-state index is 12.1. The third-order valence-electron chi connectivity index (χ3n) is 3.30. The Morgan fingerprint density at radius 1 is 1.35 bits per heavy atom. The third-order valence-corrected chi connectivity index (χ3v) is 4.50. The van der Waals surface area contributed by atoms with Crippen molar-refractivity contribution >= 4 is 46.3 Å². The number of imidazole rings is 1. The Hall–Kier alpha value is -2.05. The topological polar surface area (TPSA) is 59.8 Å². The molecular weight excluding hydrogens is 332 g/mol. The molecule has 0 unspecified atom stereocenters. The van der Waals surface area contributed by atoms with Gasteiger partial charge in [0.1, 0.15) is 0 Å². The molecule has 1 amide bonds. The summed E-state index contributed by atoms with van der Waals surface area (Å²) in [7, 11) is 1.86. The lowest BCUT2D eigenvalue weighted by Crippen LogP contribution is -2.17. The van der Waals surface area contributed by atoms with Crippen LogP contribution in [0.4, 0.5) is 5.95 Å². The van der Waals surface area contributed by atoms with Crippen LogP contribution in [0.3, 0.4) is 0 Å². The number of fused-ring (bicyclic) bond motifs is 1. The fraction of sp³-hybridized carbons (Fsp3) is 0.188. The van der Waals surface area contributed by atoms with Gasteiger partial charge in [-0.15, -0.1) is 11.8 Å². The zero-order chi connectivity index (χ0) is 16.2. The van der Waals surface area contributed by atoms with Crippen LogP contribution in [0.25, 0.3) is 11.0 Å². The first-order valence-corrected chi connectivity index (χ1v) is 8.56. The van der Waals surface area contributed by atoms with Crippen LogP contribution in [0, 0.1) is 0 Å². The molecule has 0 aliphatic rings. The summed E-state index contributed by atoms with van der Waals surface area (Å²) in [5.74, 6) is 1.48. The minimum Gasteiger partial charge on any atom is -0.313 e. The number of carbonyl (C=O) groups is 1. The molecule has 3 rings (SSSR count). The monoisotopic (exact) mass is 346 g/mol. The van der Waals surface area contributed by atoms with Crippen molar-refractivity contribution in [3.63, 3.8) is 0 Å². The number of amides is 1. The predicted octanol–water partition coefficient (Wildman–Crippen LogP) is 3.49. The molecule has 0 radical (unpaired) electrons. The maximum Gasteiger partial charge on any atom is 0.236 e. The summed E-state index contributed by atoms with van der Waals surface area (Å²) >= 11 is 7.48. The minimum atomic E-state index is -0.0876. The van der Waals surface area contributed by atoms with E-state index >= 15 is 0 Å². The molecule has 0 saturated heterocycles. The number of hydrogen-bond acceptors (Lipinski definition) is 4. The fourth-order valence-corrected chi connectivity index (χ4v) is 3.08. The lowest BCUT2D eigenvalue weighted by atomic mass is 10.3. The number of anilines is 1. The van der Waals surface area contributed by atoms with E-state index < -0.39 is 0 Å². The van der Waals surface area contributed by atoms with Crippen molar-refractivity contribution < 1.29 is 4.79 Å². The second kappa shape index (κ2) is 7.02. The first-order valence-electron chi connectivity index (χ1n) is 7.03. The van der Waals surface area contributed by atoms with Gasteiger partial charge in [-0.25, -0.2) is 4.98 Å². The SMILES string of the molecule is Cn1c(NC(=O)CSCc2ccccn2)nc2cc(Cl)ccc21. The summed E-state index contributed by atoms with van der Waals surface area (Å²) in [6.07, 6.45) is 1.75. The van der Waals surface area contributed by atoms with Gasteiger partial charge in [0, 0.05) is 24.0 Å². The molecule has 1 aromatic carbocycles. The van der Waals surface area contributed by atoms with Crippen molar-refractivity contribution in [3.8, 4) is 0 Å². The standard InChI is InChI=1S/C16H15ClN4OS/c1-21-14-6-5-11(17)8-13(14)19-16(21)20-15(22)10-23-9-12-4-2-3-7-18-12/h2-8H,9-10H2,1H3,(H,19,20,22). The van der Waals surface area contributed by atoms with E-state index in [0.29, 0.717) is 22.5 Å². The number of hydrogen-bond donors (Lipinski definition) is 1. The highest BCUT2D eigenvalue weighted by molar-refractivity contribution is 7.99. The molecule has 0 spiro atoms. The molecule has 0 saturated carbocycles. The van der Waals surface area contributed by atoms with Crippen molar-refractivity contribution in [1.29, 1.82) is 0 Å². The Balaban J connectivity index is 1.60. The van der Waals surface area contributed by atoms with E-state index in [2.05, 4.69) is 15.3 Å². The number of nitrogens with one attached hydrogen (secondary N) is 1. The summed E-state index contributed by atoms with van der Waals surface area (Å²) in [6.45, 7) is 0. The molecule has 2 aromatic heterocycles. The highest BCUT2D eigenvalue weighted by atomic mass is 35.5. The normalized spacial score (nSPS) is 10.9. The Kier molecular flexibility index (Phi) is 4.83. The van der Waals surface area contributed by atoms with Gasteiger partial charge in [0.15, 0.2) is 0 Å². The van der Waals surface area contributed by atoms with Crippen LogP contribution in [0.1, 0.15) is 5.69 Å². The Morgan fingerprint density at radius 2 is 2.22 bits per heavy atom. The summed E-state index contributed by atoms with van der Waals surface area (Å²) in [4.78, 5) is 20.7. The quantitative estimate of drug-likeness (QED) is 0.768. The number of aromatic nitrogens is 3. The number of thioether (sulfide) groups is 1. The number of rotatable bonds is 5. The van der Waals surface area contributed by atoms with Gasteiger partial charge < -0.3 is 4.57 Å². The van der Waals surface area contributed by atoms with Gasteiger partial charge in [-0.3, -0.25) is 15.1 Å². The first kappa shape index (κ1) is 15.8. The average Bonchev–Trinajstić information content (AvgIpc) is 2.83. The molecule has 1 N–H and O–H groups in total. The van der Waals surface area contributed by atoms with Crippen molar-refractivity contribution in [2.24, 2.45) is 7.05 Å². The Morgan fingerprint density at radius 3 is 3.00 bits per heavy atom. The molecule has 3 aromatic rings. The van der Waals surface area contributed by atoms with Crippen LogP contribution >= 0.6 is 23.4 Å². The lowest BCUT2D eigenvalue weighted by Gasteiger charge is -2.05. The molecule has 0 bridgehead atoms. The van der Waals surface area contributed by atoms with E-state index in [1.54, 1.807) is 18.3 Å². The van der Waals surface area contributed by atoms with Crippen molar-refractivity contribution in [2.75, 3.05) is 11.1 Å². The number of pyridine rings is 1. The highest BCUT2D eigenvalue weighted by Gasteiger charge is 2.11. The molecular formula is C16H15ClN4OS. The van der Waals surface area contributed by atoms with Gasteiger partial charge in [0.25, 0.3) is 0 Å². The lowest BCUT2D eigenvalue weighted by molar-refractivity contribution is -0.113. The van der Waals surface area contributed by atoms with Crippen molar-refractivity contribution in [1.82, 2.24) is 14.5 Å². The Labute approximate surface area is 143 Å². The van der Waals surface area contributed by atoms with E-state index in [1.165, 1.54) is 11.8 Å². The van der Waals surface area contributed by atoms with Gasteiger partial charge in [0.2, 0.25) is 11.9 Å². The van der Waals surface area contributed by atoms with Crippen LogP contribution < -0.4 is 5.32 Å².